The van der Waals surface area contributed by atoms with Crippen LogP contribution in [0.5, 0.6) is 0 Å². The predicted molar refractivity (Wildman–Crippen MR) is 61.8 cm³/mol. The van der Waals surface area contributed by atoms with E-state index in [1.807, 2.05) is 0 Å². The lowest BCUT2D eigenvalue weighted by Gasteiger charge is -2.35. The van der Waals surface area contributed by atoms with Crippen LogP contribution in [0.1, 0.15) is 26.2 Å². The number of hydrogen-bond donors (Lipinski definition) is 2. The summed E-state index contributed by atoms with van der Waals surface area (Å²) >= 11 is 0. The van der Waals surface area contributed by atoms with Crippen LogP contribution >= 0.6 is 0 Å². The van der Waals surface area contributed by atoms with Gasteiger partial charge in [0, 0.05) is 13.1 Å². The van der Waals surface area contributed by atoms with Crippen LogP contribution in [0.2, 0.25) is 0 Å². The van der Waals surface area contributed by atoms with Gasteiger partial charge in [-0.2, -0.15) is 0 Å². The maximum Gasteiger partial charge on any atom is 0.332 e. The summed E-state index contributed by atoms with van der Waals surface area (Å²) < 4.78 is 5.46. The summed E-state index contributed by atoms with van der Waals surface area (Å²) in [6, 6.07) is 0. The Labute approximate surface area is 101 Å². The Morgan fingerprint density at radius 2 is 2.18 bits per heavy atom. The molecule has 0 radical (unpaired) electrons. The number of carboxylic acids is 1. The molecule has 0 aromatic carbocycles. The molecule has 17 heavy (non-hydrogen) atoms. The highest BCUT2D eigenvalue weighted by atomic mass is 16.5. The van der Waals surface area contributed by atoms with Crippen molar-refractivity contribution in [3.8, 4) is 0 Å². The smallest absolute Gasteiger partial charge is 0.332 e. The minimum absolute atomic E-state index is 0.0108. The number of nitrogens with zero attached hydrogens (tertiary/aromatic N) is 1. The Kier molecular flexibility index (Phi) is 4.01. The zero-order valence-corrected chi connectivity index (χ0v) is 10.2. The average molecular weight is 243 g/mol. The predicted octanol–water partition coefficient (Wildman–Crippen LogP) is 0.321. The number of carbonyl (C=O) groups is 1. The molecule has 0 bridgehead atoms. The zero-order valence-electron chi connectivity index (χ0n) is 10.2. The van der Waals surface area contributed by atoms with Crippen LogP contribution in [-0.2, 0) is 9.53 Å². The van der Waals surface area contributed by atoms with E-state index in [4.69, 9.17) is 9.84 Å². The maximum absolute atomic E-state index is 10.8. The van der Waals surface area contributed by atoms with E-state index in [0.29, 0.717) is 18.9 Å². The lowest BCUT2D eigenvalue weighted by atomic mass is 9.96. The average Bonchev–Trinajstić information content (AvgIpc) is 2.72. The molecule has 2 heterocycles. The molecule has 2 saturated heterocycles. The van der Waals surface area contributed by atoms with E-state index < -0.39 is 12.1 Å². The number of piperidine rings is 1. The van der Waals surface area contributed by atoms with Gasteiger partial charge in [0.2, 0.25) is 0 Å². The van der Waals surface area contributed by atoms with Gasteiger partial charge in [-0.15, -0.1) is 0 Å². The maximum atomic E-state index is 10.8. The summed E-state index contributed by atoms with van der Waals surface area (Å²) in [7, 11) is 0. The van der Waals surface area contributed by atoms with Crippen molar-refractivity contribution < 1.29 is 19.7 Å². The van der Waals surface area contributed by atoms with Crippen molar-refractivity contribution in [3.05, 3.63) is 0 Å². The minimum Gasteiger partial charge on any atom is -0.479 e. The van der Waals surface area contributed by atoms with Crippen molar-refractivity contribution in [1.82, 2.24) is 4.90 Å². The second-order valence-corrected chi connectivity index (χ2v) is 5.26. The van der Waals surface area contributed by atoms with Crippen LogP contribution in [0, 0.1) is 5.92 Å². The first-order valence-corrected chi connectivity index (χ1v) is 6.35. The molecule has 5 nitrogen and oxygen atoms in total. The van der Waals surface area contributed by atoms with Gasteiger partial charge >= 0.3 is 5.97 Å². The zero-order chi connectivity index (χ0) is 12.4. The van der Waals surface area contributed by atoms with Crippen molar-refractivity contribution in [3.63, 3.8) is 0 Å². The van der Waals surface area contributed by atoms with E-state index in [2.05, 4.69) is 11.8 Å². The van der Waals surface area contributed by atoms with Gasteiger partial charge < -0.3 is 14.9 Å². The molecular weight excluding hydrogens is 222 g/mol. The SMILES string of the molecule is CC1CCN(CC2CCC(C(=O)O)O2)CC1O. The topological polar surface area (TPSA) is 70.0 Å². The van der Waals surface area contributed by atoms with E-state index in [-0.39, 0.29) is 12.2 Å². The molecule has 0 aliphatic carbocycles. The van der Waals surface area contributed by atoms with Gasteiger partial charge in [0.15, 0.2) is 6.10 Å². The van der Waals surface area contributed by atoms with Crippen LogP contribution in [-0.4, -0.2) is 59.0 Å². The van der Waals surface area contributed by atoms with E-state index in [1.54, 1.807) is 0 Å². The van der Waals surface area contributed by atoms with E-state index in [9.17, 15) is 9.90 Å². The number of carboxylic acid groups (broad SMARTS) is 1. The molecule has 2 rings (SSSR count). The Morgan fingerprint density at radius 3 is 2.76 bits per heavy atom. The molecule has 2 fully saturated rings. The lowest BCUT2D eigenvalue weighted by molar-refractivity contribution is -0.150. The van der Waals surface area contributed by atoms with Crippen molar-refractivity contribution in [2.75, 3.05) is 19.6 Å². The van der Waals surface area contributed by atoms with Crippen molar-refractivity contribution in [1.29, 1.82) is 0 Å². The van der Waals surface area contributed by atoms with E-state index in [1.165, 1.54) is 0 Å². The van der Waals surface area contributed by atoms with Crippen molar-refractivity contribution in [2.45, 2.75) is 44.5 Å². The van der Waals surface area contributed by atoms with Crippen LogP contribution in [0.25, 0.3) is 0 Å². The standard InChI is InChI=1S/C12H21NO4/c1-8-4-5-13(7-10(8)14)6-9-2-3-11(17-9)12(15)16/h8-11,14H,2-7H2,1H3,(H,15,16). The van der Waals surface area contributed by atoms with Gasteiger partial charge in [-0.25, -0.2) is 4.79 Å². The first-order chi connectivity index (χ1) is 8.06. The fraction of sp³-hybridized carbons (Fsp3) is 0.917. The van der Waals surface area contributed by atoms with Gasteiger partial charge in [-0.1, -0.05) is 6.92 Å². The van der Waals surface area contributed by atoms with Crippen molar-refractivity contribution >= 4 is 5.97 Å². The second kappa shape index (κ2) is 5.33. The normalized spacial score (nSPS) is 39.4. The first kappa shape index (κ1) is 12.8. The molecule has 2 N–H and O–H groups in total. The molecule has 2 aliphatic heterocycles. The minimum atomic E-state index is -0.861. The fourth-order valence-corrected chi connectivity index (χ4v) is 2.59. The molecule has 0 aromatic heterocycles. The number of aliphatic carboxylic acids is 1. The molecular formula is C12H21NO4. The third-order valence-corrected chi connectivity index (χ3v) is 3.85. The number of β-amino-alcohol motifs (C(OH)–C–C–N with tert-alkyl or cyclic N) is 1. The summed E-state index contributed by atoms with van der Waals surface area (Å²) in [6.07, 6.45) is 1.52. The molecule has 4 unspecified atom stereocenters. The van der Waals surface area contributed by atoms with Crippen LogP contribution in [0.3, 0.4) is 0 Å². The first-order valence-electron chi connectivity index (χ1n) is 6.35. The van der Waals surface area contributed by atoms with Gasteiger partial charge in [0.25, 0.3) is 0 Å². The molecule has 0 saturated carbocycles. The largest absolute Gasteiger partial charge is 0.479 e. The third-order valence-electron chi connectivity index (χ3n) is 3.85. The quantitative estimate of drug-likeness (QED) is 0.747. The summed E-state index contributed by atoms with van der Waals surface area (Å²) in [5, 5.41) is 18.6. The molecule has 0 spiro atoms. The van der Waals surface area contributed by atoms with Crippen LogP contribution in [0.15, 0.2) is 0 Å². The van der Waals surface area contributed by atoms with Gasteiger partial charge in [-0.05, 0) is 31.7 Å². The monoisotopic (exact) mass is 243 g/mol. The summed E-state index contributed by atoms with van der Waals surface area (Å²) in [6.45, 7) is 4.46. The van der Waals surface area contributed by atoms with Gasteiger partial charge in [-0.3, -0.25) is 4.90 Å². The van der Waals surface area contributed by atoms with Crippen LogP contribution in [0.4, 0.5) is 0 Å². The number of aliphatic hydroxyl groups is 1. The summed E-state index contributed by atoms with van der Waals surface area (Å²) in [4.78, 5) is 12.9. The highest BCUT2D eigenvalue weighted by molar-refractivity contribution is 5.72. The Morgan fingerprint density at radius 1 is 1.41 bits per heavy atom. The third kappa shape index (κ3) is 3.18. The number of hydrogen-bond acceptors (Lipinski definition) is 4. The van der Waals surface area contributed by atoms with E-state index >= 15 is 0 Å². The summed E-state index contributed by atoms with van der Waals surface area (Å²) in [5.41, 5.74) is 0. The molecule has 98 valence electrons. The molecule has 5 heteroatoms. The Bertz CT molecular complexity index is 284. The number of rotatable bonds is 3. The number of likely N-dealkylation sites (tertiary alicyclic amines) is 1. The molecule has 2 aliphatic rings. The molecule has 4 atom stereocenters. The van der Waals surface area contributed by atoms with Crippen molar-refractivity contribution in [2.24, 2.45) is 5.92 Å². The van der Waals surface area contributed by atoms with Gasteiger partial charge in [0.05, 0.1) is 12.2 Å². The lowest BCUT2D eigenvalue weighted by Crippen LogP contribution is -2.45. The highest BCUT2D eigenvalue weighted by Crippen LogP contribution is 2.23. The van der Waals surface area contributed by atoms with Crippen LogP contribution < -0.4 is 0 Å². The molecule has 0 aromatic rings. The fourth-order valence-electron chi connectivity index (χ4n) is 2.59. The summed E-state index contributed by atoms with van der Waals surface area (Å²) in [5.74, 6) is -0.498. The number of aliphatic hydroxyl groups excluding tert-OH is 1. The van der Waals surface area contributed by atoms with Gasteiger partial charge in [0.1, 0.15) is 0 Å². The Hall–Kier alpha value is -0.650. The highest BCUT2D eigenvalue weighted by Gasteiger charge is 2.33. The molecule has 0 amide bonds. The number of ether oxygens (including phenoxy) is 1. The second-order valence-electron chi connectivity index (χ2n) is 5.26. The van der Waals surface area contributed by atoms with E-state index in [0.717, 1.165) is 25.9 Å². The Balaban J connectivity index is 1.77.